The van der Waals surface area contributed by atoms with Crippen LogP contribution in [0.4, 0.5) is 13.2 Å². The molecule has 13 heteroatoms. The summed E-state index contributed by atoms with van der Waals surface area (Å²) in [5, 5.41) is 13.8. The molecule has 0 unspecified atom stereocenters. The number of ether oxygens (including phenoxy) is 3. The molecule has 0 amide bonds. The molecule has 0 aliphatic carbocycles. The van der Waals surface area contributed by atoms with Crippen molar-refractivity contribution in [1.82, 2.24) is 20.3 Å². The number of unbranched alkanes of at least 4 members (excludes halogenated alkanes) is 1. The summed E-state index contributed by atoms with van der Waals surface area (Å²) in [5.41, 5.74) is 1.85. The number of nitrogens with zero attached hydrogens (tertiary/aromatic N) is 3. The number of carboxylic acid groups (broad SMARTS) is 1. The molecular formula is C26H24ClF3N4O5. The summed E-state index contributed by atoms with van der Waals surface area (Å²) in [7, 11) is 0. The zero-order valence-electron chi connectivity index (χ0n) is 20.5. The van der Waals surface area contributed by atoms with Gasteiger partial charge in [-0.05, 0) is 49.2 Å². The smallest absolute Gasteiger partial charge is 0.478 e. The second kappa shape index (κ2) is 12.9. The number of pyridine rings is 1. The number of aromatic carboxylic acids is 1. The molecule has 0 saturated carbocycles. The van der Waals surface area contributed by atoms with Gasteiger partial charge < -0.3 is 24.6 Å². The van der Waals surface area contributed by atoms with Gasteiger partial charge in [-0.15, -0.1) is 13.2 Å². The number of benzene rings is 2. The third-order valence-corrected chi connectivity index (χ3v) is 5.88. The zero-order chi connectivity index (χ0) is 27.8. The lowest BCUT2D eigenvalue weighted by Gasteiger charge is -2.12. The summed E-state index contributed by atoms with van der Waals surface area (Å²) in [5.74, 6) is -1.21. The number of alkyl halides is 3. The molecule has 2 aromatic heterocycles. The van der Waals surface area contributed by atoms with Crippen LogP contribution in [0, 0.1) is 0 Å². The van der Waals surface area contributed by atoms with Crippen molar-refractivity contribution >= 4 is 39.4 Å². The highest BCUT2D eigenvalue weighted by atomic mass is 35.5. The summed E-state index contributed by atoms with van der Waals surface area (Å²) >= 11 is 5.86. The maximum absolute atomic E-state index is 12.3. The van der Waals surface area contributed by atoms with E-state index >= 15 is 0 Å². The number of hydrogen-bond acceptors (Lipinski definition) is 8. The van der Waals surface area contributed by atoms with Gasteiger partial charge in [0.25, 0.3) is 0 Å². The van der Waals surface area contributed by atoms with Crippen molar-refractivity contribution < 1.29 is 37.3 Å². The average molecular weight is 565 g/mol. The Morgan fingerprint density at radius 1 is 1.05 bits per heavy atom. The molecule has 0 atom stereocenters. The number of aromatic nitrogens is 3. The molecule has 4 aromatic rings. The maximum atomic E-state index is 12.3. The first-order valence-corrected chi connectivity index (χ1v) is 12.3. The third-order valence-electron chi connectivity index (χ3n) is 5.58. The molecule has 0 radical (unpaired) electrons. The molecule has 2 N–H and O–H groups in total. The Bertz CT molecular complexity index is 1450. The van der Waals surface area contributed by atoms with Crippen LogP contribution in [-0.4, -0.2) is 58.8 Å². The molecular weight excluding hydrogens is 541 g/mol. The monoisotopic (exact) mass is 564 g/mol. The van der Waals surface area contributed by atoms with E-state index in [9.17, 15) is 23.1 Å². The third kappa shape index (κ3) is 7.88. The van der Waals surface area contributed by atoms with Gasteiger partial charge in [0.15, 0.2) is 0 Å². The van der Waals surface area contributed by atoms with E-state index in [1.807, 2.05) is 0 Å². The van der Waals surface area contributed by atoms with Crippen molar-refractivity contribution in [3.63, 3.8) is 0 Å². The Hall–Kier alpha value is -3.74. The van der Waals surface area contributed by atoms with Crippen LogP contribution in [0.3, 0.4) is 0 Å². The second-order valence-electron chi connectivity index (χ2n) is 8.40. The van der Waals surface area contributed by atoms with E-state index < -0.39 is 18.1 Å². The fourth-order valence-electron chi connectivity index (χ4n) is 3.79. The highest BCUT2D eigenvalue weighted by Crippen LogP contribution is 2.31. The van der Waals surface area contributed by atoms with Crippen molar-refractivity contribution in [2.75, 3.05) is 26.4 Å². The van der Waals surface area contributed by atoms with Crippen LogP contribution in [0.25, 0.3) is 21.8 Å². The number of nitrogens with one attached hydrogen (secondary N) is 1. The fourth-order valence-corrected chi connectivity index (χ4v) is 4.03. The molecule has 2 heterocycles. The summed E-state index contributed by atoms with van der Waals surface area (Å²) < 4.78 is 52.3. The number of rotatable bonds is 13. The van der Waals surface area contributed by atoms with Gasteiger partial charge in [-0.1, -0.05) is 23.7 Å². The molecule has 0 aliphatic rings. The van der Waals surface area contributed by atoms with E-state index in [1.165, 1.54) is 36.7 Å². The average Bonchev–Trinajstić information content (AvgIpc) is 2.90. The topological polar surface area (TPSA) is 116 Å². The van der Waals surface area contributed by atoms with E-state index in [1.54, 1.807) is 12.3 Å². The minimum absolute atomic E-state index is 0.105. The standard InChI is InChI=1S/C26H24ClF3N4O5/c27-20-11-16(3-6-22(20)39-26(28,29)30)13-31-7-1-2-8-37-9-10-38-24-23-19(14-32-15-33-23)18-5-4-17(25(35)36)12-21(18)34-24/h3-6,11-12,14-15,31H,1-2,7-10,13H2,(H,35,36). The maximum Gasteiger partial charge on any atom is 0.573 e. The summed E-state index contributed by atoms with van der Waals surface area (Å²) in [6, 6.07) is 8.81. The minimum atomic E-state index is -4.79. The molecule has 4 rings (SSSR count). The van der Waals surface area contributed by atoms with Crippen LogP contribution in [0.15, 0.2) is 48.9 Å². The highest BCUT2D eigenvalue weighted by Gasteiger charge is 2.32. The Balaban J connectivity index is 1.17. The molecule has 2 aromatic carbocycles. The number of halogens is 4. The zero-order valence-corrected chi connectivity index (χ0v) is 21.3. The largest absolute Gasteiger partial charge is 0.573 e. The predicted molar refractivity (Wildman–Crippen MR) is 137 cm³/mol. The molecule has 0 saturated heterocycles. The van der Waals surface area contributed by atoms with E-state index in [0.29, 0.717) is 42.7 Å². The first kappa shape index (κ1) is 28.3. The Kier molecular flexibility index (Phi) is 9.33. The minimum Gasteiger partial charge on any atom is -0.478 e. The first-order valence-electron chi connectivity index (χ1n) is 11.9. The molecule has 0 aliphatic heterocycles. The van der Waals surface area contributed by atoms with Gasteiger partial charge in [-0.25, -0.2) is 19.7 Å². The highest BCUT2D eigenvalue weighted by molar-refractivity contribution is 6.32. The van der Waals surface area contributed by atoms with E-state index in [0.717, 1.165) is 23.8 Å². The van der Waals surface area contributed by atoms with Gasteiger partial charge in [-0.2, -0.15) is 0 Å². The van der Waals surface area contributed by atoms with E-state index in [-0.39, 0.29) is 23.1 Å². The summed E-state index contributed by atoms with van der Waals surface area (Å²) in [4.78, 5) is 24.1. The van der Waals surface area contributed by atoms with Gasteiger partial charge >= 0.3 is 12.3 Å². The summed E-state index contributed by atoms with van der Waals surface area (Å²) in [6.45, 7) is 2.19. The Morgan fingerprint density at radius 3 is 2.67 bits per heavy atom. The second-order valence-corrected chi connectivity index (χ2v) is 8.80. The van der Waals surface area contributed by atoms with Gasteiger partial charge in [0, 0.05) is 30.1 Å². The van der Waals surface area contributed by atoms with Gasteiger partial charge in [0.1, 0.15) is 24.2 Å². The Labute approximate surface area is 225 Å². The number of fused-ring (bicyclic) bond motifs is 3. The van der Waals surface area contributed by atoms with E-state index in [4.69, 9.17) is 21.1 Å². The van der Waals surface area contributed by atoms with Crippen LogP contribution >= 0.6 is 11.6 Å². The van der Waals surface area contributed by atoms with Crippen LogP contribution < -0.4 is 14.8 Å². The Morgan fingerprint density at radius 2 is 1.90 bits per heavy atom. The molecule has 0 bridgehead atoms. The normalized spacial score (nSPS) is 11.7. The van der Waals surface area contributed by atoms with Crippen molar-refractivity contribution in [3.05, 3.63) is 65.1 Å². The lowest BCUT2D eigenvalue weighted by Crippen LogP contribution is -2.18. The van der Waals surface area contributed by atoms with Gasteiger partial charge in [-0.3, -0.25) is 0 Å². The van der Waals surface area contributed by atoms with Crippen LogP contribution in [0.2, 0.25) is 5.02 Å². The molecule has 0 fully saturated rings. The molecule has 9 nitrogen and oxygen atoms in total. The van der Waals surface area contributed by atoms with Crippen molar-refractivity contribution in [2.24, 2.45) is 0 Å². The molecule has 0 spiro atoms. The predicted octanol–water partition coefficient (Wildman–Crippen LogP) is 5.39. The van der Waals surface area contributed by atoms with Crippen molar-refractivity contribution in [2.45, 2.75) is 25.7 Å². The van der Waals surface area contributed by atoms with Crippen molar-refractivity contribution in [3.8, 4) is 11.6 Å². The SMILES string of the molecule is O=C(O)c1ccc2c(c1)nc(OCCOCCCCNCc1ccc(OC(F)(F)F)c(Cl)c1)c1ncncc12. The quantitative estimate of drug-likeness (QED) is 0.163. The van der Waals surface area contributed by atoms with Crippen molar-refractivity contribution in [1.29, 1.82) is 0 Å². The lowest BCUT2D eigenvalue weighted by atomic mass is 10.1. The van der Waals surface area contributed by atoms with Crippen LogP contribution in [0.5, 0.6) is 11.6 Å². The number of carboxylic acids is 1. The number of hydrogen-bond donors (Lipinski definition) is 2. The van der Waals surface area contributed by atoms with E-state index in [2.05, 4.69) is 25.0 Å². The molecule has 206 valence electrons. The van der Waals surface area contributed by atoms with Crippen LogP contribution in [0.1, 0.15) is 28.8 Å². The van der Waals surface area contributed by atoms with Gasteiger partial charge in [0.2, 0.25) is 5.88 Å². The summed E-state index contributed by atoms with van der Waals surface area (Å²) in [6.07, 6.45) is -0.152. The van der Waals surface area contributed by atoms with Crippen LogP contribution in [-0.2, 0) is 11.3 Å². The van der Waals surface area contributed by atoms with Gasteiger partial charge in [0.05, 0.1) is 22.7 Å². The fraction of sp³-hybridized carbons (Fsp3) is 0.308. The molecule has 39 heavy (non-hydrogen) atoms. The number of carbonyl (C=O) groups is 1. The first-order chi connectivity index (χ1) is 18.7. The lowest BCUT2D eigenvalue weighted by molar-refractivity contribution is -0.274.